The Hall–Kier alpha value is -3.47. The average Bonchev–Trinajstić information content (AvgIpc) is 2.56. The quantitative estimate of drug-likeness (QED) is 0.666. The third-order valence-corrected chi connectivity index (χ3v) is 3.30. The lowest BCUT2D eigenvalue weighted by Gasteiger charge is -2.09. The molecule has 0 radical (unpaired) electrons. The monoisotopic (exact) mass is 326 g/mol. The van der Waals surface area contributed by atoms with Crippen LogP contribution in [0, 0.1) is 35.3 Å². The SMILES string of the molecule is Cc1ccc(NC(=O)COc2ncc([N+](=O)[O-])cc2C#N)cc1C. The number of nitrogens with one attached hydrogen (secondary N) is 1. The van der Waals surface area contributed by atoms with E-state index in [2.05, 4.69) is 10.3 Å². The van der Waals surface area contributed by atoms with Crippen molar-refractivity contribution in [1.29, 1.82) is 5.26 Å². The van der Waals surface area contributed by atoms with Gasteiger partial charge < -0.3 is 10.1 Å². The Bertz CT molecular complexity index is 842. The Morgan fingerprint density at radius 2 is 2.12 bits per heavy atom. The van der Waals surface area contributed by atoms with E-state index in [0.717, 1.165) is 23.4 Å². The Balaban J connectivity index is 2.02. The minimum Gasteiger partial charge on any atom is -0.467 e. The molecule has 1 N–H and O–H groups in total. The first kappa shape index (κ1) is 16.9. The highest BCUT2D eigenvalue weighted by Gasteiger charge is 2.14. The molecule has 0 atom stereocenters. The van der Waals surface area contributed by atoms with E-state index in [1.54, 1.807) is 12.1 Å². The number of ether oxygens (including phenoxy) is 1. The summed E-state index contributed by atoms with van der Waals surface area (Å²) in [4.78, 5) is 25.6. The smallest absolute Gasteiger partial charge is 0.289 e. The molecular weight excluding hydrogens is 312 g/mol. The molecule has 0 fully saturated rings. The predicted octanol–water partition coefficient (Wildman–Crippen LogP) is 2.50. The minimum atomic E-state index is -0.663. The number of amides is 1. The van der Waals surface area contributed by atoms with E-state index in [4.69, 9.17) is 10.00 Å². The lowest BCUT2D eigenvalue weighted by atomic mass is 10.1. The van der Waals surface area contributed by atoms with Gasteiger partial charge in [-0.25, -0.2) is 4.98 Å². The molecule has 2 rings (SSSR count). The van der Waals surface area contributed by atoms with Gasteiger partial charge in [0.05, 0.1) is 4.92 Å². The highest BCUT2D eigenvalue weighted by atomic mass is 16.6. The lowest BCUT2D eigenvalue weighted by molar-refractivity contribution is -0.385. The molecule has 0 aliphatic rings. The van der Waals surface area contributed by atoms with Crippen LogP contribution in [-0.4, -0.2) is 22.4 Å². The molecule has 1 aromatic carbocycles. The van der Waals surface area contributed by atoms with Crippen LogP contribution in [0.25, 0.3) is 0 Å². The Morgan fingerprint density at radius 3 is 2.75 bits per heavy atom. The number of rotatable bonds is 5. The first-order chi connectivity index (χ1) is 11.4. The number of nitriles is 1. The van der Waals surface area contributed by atoms with Crippen molar-refractivity contribution >= 4 is 17.3 Å². The van der Waals surface area contributed by atoms with Gasteiger partial charge in [-0.3, -0.25) is 14.9 Å². The van der Waals surface area contributed by atoms with Crippen LogP contribution >= 0.6 is 0 Å². The number of hydrogen-bond donors (Lipinski definition) is 1. The summed E-state index contributed by atoms with van der Waals surface area (Å²) >= 11 is 0. The number of benzene rings is 1. The van der Waals surface area contributed by atoms with E-state index in [0.29, 0.717) is 5.69 Å². The molecule has 1 heterocycles. The second-order valence-corrected chi connectivity index (χ2v) is 5.05. The summed E-state index contributed by atoms with van der Waals surface area (Å²) in [5.41, 5.74) is 2.35. The van der Waals surface area contributed by atoms with E-state index < -0.39 is 10.8 Å². The van der Waals surface area contributed by atoms with Gasteiger partial charge in [0.15, 0.2) is 6.61 Å². The van der Waals surface area contributed by atoms with Crippen molar-refractivity contribution in [3.8, 4) is 11.9 Å². The first-order valence-corrected chi connectivity index (χ1v) is 6.95. The third-order valence-electron chi connectivity index (χ3n) is 3.30. The molecule has 0 aliphatic heterocycles. The molecule has 24 heavy (non-hydrogen) atoms. The number of hydrogen-bond acceptors (Lipinski definition) is 6. The fraction of sp³-hybridized carbons (Fsp3) is 0.188. The molecular formula is C16H14N4O4. The van der Waals surface area contributed by atoms with Gasteiger partial charge in [0.25, 0.3) is 11.6 Å². The fourth-order valence-electron chi connectivity index (χ4n) is 1.89. The van der Waals surface area contributed by atoms with Crippen LogP contribution in [0.5, 0.6) is 5.88 Å². The number of carbonyl (C=O) groups is 1. The zero-order chi connectivity index (χ0) is 17.7. The number of aromatic nitrogens is 1. The number of nitrogens with zero attached hydrogens (tertiary/aromatic N) is 3. The van der Waals surface area contributed by atoms with Crippen molar-refractivity contribution in [2.24, 2.45) is 0 Å². The fourth-order valence-corrected chi connectivity index (χ4v) is 1.89. The summed E-state index contributed by atoms with van der Waals surface area (Å²) in [5.74, 6) is -0.555. The van der Waals surface area contributed by atoms with Crippen molar-refractivity contribution in [2.45, 2.75) is 13.8 Å². The molecule has 0 aliphatic carbocycles. The maximum Gasteiger partial charge on any atom is 0.289 e. The van der Waals surface area contributed by atoms with Crippen molar-refractivity contribution in [3.63, 3.8) is 0 Å². The average molecular weight is 326 g/mol. The summed E-state index contributed by atoms with van der Waals surface area (Å²) in [5, 5.41) is 22.3. The number of pyridine rings is 1. The number of carbonyl (C=O) groups excluding carboxylic acids is 1. The molecule has 1 amide bonds. The van der Waals surface area contributed by atoms with E-state index in [1.807, 2.05) is 26.0 Å². The van der Waals surface area contributed by atoms with Gasteiger partial charge in [-0.15, -0.1) is 0 Å². The summed E-state index contributed by atoms with van der Waals surface area (Å²) in [6, 6.07) is 8.29. The predicted molar refractivity (Wildman–Crippen MR) is 85.6 cm³/mol. The molecule has 2 aromatic rings. The zero-order valence-corrected chi connectivity index (χ0v) is 13.1. The molecule has 1 aromatic heterocycles. The van der Waals surface area contributed by atoms with E-state index >= 15 is 0 Å². The number of aryl methyl sites for hydroxylation is 2. The van der Waals surface area contributed by atoms with Crippen LogP contribution in [0.1, 0.15) is 16.7 Å². The summed E-state index contributed by atoms with van der Waals surface area (Å²) in [6.45, 7) is 3.53. The van der Waals surface area contributed by atoms with E-state index in [-0.39, 0.29) is 23.7 Å². The molecule has 0 saturated carbocycles. The van der Waals surface area contributed by atoms with Crippen LogP contribution in [0.15, 0.2) is 30.5 Å². The normalized spacial score (nSPS) is 9.88. The molecule has 0 unspecified atom stereocenters. The van der Waals surface area contributed by atoms with Gasteiger partial charge in [0, 0.05) is 11.8 Å². The van der Waals surface area contributed by atoms with Crippen LogP contribution in [0.2, 0.25) is 0 Å². The Morgan fingerprint density at radius 1 is 1.38 bits per heavy atom. The van der Waals surface area contributed by atoms with Crippen molar-refractivity contribution in [3.05, 3.63) is 57.3 Å². The number of anilines is 1. The van der Waals surface area contributed by atoms with E-state index in [9.17, 15) is 14.9 Å². The summed E-state index contributed by atoms with van der Waals surface area (Å²) in [6.07, 6.45) is 0.970. The highest BCUT2D eigenvalue weighted by Crippen LogP contribution is 2.20. The Kier molecular flexibility index (Phi) is 5.06. The van der Waals surface area contributed by atoms with Gasteiger partial charge in [0.2, 0.25) is 5.88 Å². The van der Waals surface area contributed by atoms with Gasteiger partial charge in [0.1, 0.15) is 17.8 Å². The van der Waals surface area contributed by atoms with Crippen molar-refractivity contribution < 1.29 is 14.5 Å². The molecule has 8 heteroatoms. The minimum absolute atomic E-state index is 0.108. The Labute approximate surface area is 137 Å². The van der Waals surface area contributed by atoms with Gasteiger partial charge >= 0.3 is 0 Å². The van der Waals surface area contributed by atoms with Gasteiger partial charge in [-0.2, -0.15) is 5.26 Å². The topological polar surface area (TPSA) is 118 Å². The highest BCUT2D eigenvalue weighted by molar-refractivity contribution is 5.92. The zero-order valence-electron chi connectivity index (χ0n) is 13.1. The largest absolute Gasteiger partial charge is 0.467 e. The molecule has 0 spiro atoms. The third kappa shape index (κ3) is 4.04. The van der Waals surface area contributed by atoms with E-state index in [1.165, 1.54) is 0 Å². The molecule has 0 bridgehead atoms. The number of nitro groups is 1. The van der Waals surface area contributed by atoms with Crippen molar-refractivity contribution in [2.75, 3.05) is 11.9 Å². The summed E-state index contributed by atoms with van der Waals surface area (Å²) < 4.78 is 5.18. The second-order valence-electron chi connectivity index (χ2n) is 5.05. The molecule has 0 saturated heterocycles. The summed E-state index contributed by atoms with van der Waals surface area (Å²) in [7, 11) is 0. The van der Waals surface area contributed by atoms with Crippen molar-refractivity contribution in [1.82, 2.24) is 4.98 Å². The second kappa shape index (κ2) is 7.19. The molecule has 8 nitrogen and oxygen atoms in total. The lowest BCUT2D eigenvalue weighted by Crippen LogP contribution is -2.20. The maximum absolute atomic E-state index is 11.9. The van der Waals surface area contributed by atoms with Gasteiger partial charge in [-0.1, -0.05) is 6.07 Å². The maximum atomic E-state index is 11.9. The molecule has 122 valence electrons. The van der Waals surface area contributed by atoms with Crippen LogP contribution in [0.4, 0.5) is 11.4 Å². The van der Waals surface area contributed by atoms with Crippen LogP contribution in [0.3, 0.4) is 0 Å². The van der Waals surface area contributed by atoms with Gasteiger partial charge in [-0.05, 0) is 37.1 Å². The van der Waals surface area contributed by atoms with Crippen LogP contribution < -0.4 is 10.1 Å². The first-order valence-electron chi connectivity index (χ1n) is 6.95. The van der Waals surface area contributed by atoms with Crippen LogP contribution in [-0.2, 0) is 4.79 Å². The standard InChI is InChI=1S/C16H14N4O4/c1-10-3-4-13(5-11(10)2)19-15(21)9-24-16-12(7-17)6-14(8-18-16)20(22)23/h3-6,8H,9H2,1-2H3,(H,19,21).